The van der Waals surface area contributed by atoms with Gasteiger partial charge in [0.15, 0.2) is 4.80 Å². The normalized spacial score (nSPS) is 13.5. The van der Waals surface area contributed by atoms with Crippen molar-refractivity contribution >= 4 is 37.5 Å². The number of carbonyl (C=O) groups excluding carboxylic acids is 1. The van der Waals surface area contributed by atoms with E-state index in [4.69, 9.17) is 5.14 Å². The summed E-state index contributed by atoms with van der Waals surface area (Å²) >= 11 is 0.800. The Morgan fingerprint density at radius 2 is 1.64 bits per heavy atom. The molecule has 0 bridgehead atoms. The quantitative estimate of drug-likeness (QED) is 0.419. The van der Waals surface area contributed by atoms with E-state index in [2.05, 4.69) is 11.6 Å². The number of hydrogen-bond donors (Lipinski definition) is 1. The third-order valence-electron chi connectivity index (χ3n) is 4.33. The van der Waals surface area contributed by atoms with Crippen molar-refractivity contribution in [2.75, 3.05) is 0 Å². The Morgan fingerprint density at radius 3 is 2.12 bits per heavy atom. The first-order valence-corrected chi connectivity index (χ1v) is 11.1. The van der Waals surface area contributed by atoms with Crippen LogP contribution in [0.5, 0.6) is 0 Å². The summed E-state index contributed by atoms with van der Waals surface area (Å²) in [6, 6.07) is 4.27. The van der Waals surface area contributed by atoms with Crippen molar-refractivity contribution in [3.8, 4) is 0 Å². The highest BCUT2D eigenvalue weighted by atomic mass is 32.2. The second kappa shape index (κ2) is 8.43. The van der Waals surface area contributed by atoms with E-state index < -0.39 is 45.0 Å². The number of nitrogens with zero attached hydrogens (tertiary/aromatic N) is 2. The molecule has 0 atom stereocenters. The zero-order valence-electron chi connectivity index (χ0n) is 16.2. The number of benzene rings is 2. The molecular weight excluding hydrogens is 496 g/mol. The Bertz CT molecular complexity index is 1400. The van der Waals surface area contributed by atoms with Crippen LogP contribution in [0.25, 0.3) is 10.2 Å². The molecule has 2 N–H and O–H groups in total. The lowest BCUT2D eigenvalue weighted by Crippen LogP contribution is -2.17. The second-order valence-corrected chi connectivity index (χ2v) is 9.24. The molecule has 2 aromatic carbocycles. The number of primary sulfonamides is 1. The van der Waals surface area contributed by atoms with Gasteiger partial charge in [0.25, 0.3) is 5.91 Å². The average Bonchev–Trinajstić information content (AvgIpc) is 3.02. The van der Waals surface area contributed by atoms with E-state index in [0.717, 1.165) is 11.3 Å². The predicted octanol–water partition coefficient (Wildman–Crippen LogP) is 4.31. The van der Waals surface area contributed by atoms with Crippen molar-refractivity contribution in [1.82, 2.24) is 4.57 Å². The van der Waals surface area contributed by atoms with Crippen LogP contribution in [0.1, 0.15) is 21.5 Å². The summed E-state index contributed by atoms with van der Waals surface area (Å²) in [5.41, 5.74) is -3.81. The zero-order chi connectivity index (χ0) is 24.8. The number of sulfonamides is 1. The fraction of sp³-hybridized carbons (Fsp3) is 0.158. The zero-order valence-corrected chi connectivity index (χ0v) is 17.9. The van der Waals surface area contributed by atoms with Crippen LogP contribution in [-0.4, -0.2) is 18.9 Å². The number of halogens is 6. The molecule has 3 aromatic rings. The molecule has 0 radical (unpaired) electrons. The SMILES string of the molecule is C=CCn1c(=NC(=O)c2cc(C(F)(F)F)cc(C(F)(F)F)c2)sc2cc(S(N)(=O)=O)ccc21. The number of alkyl halides is 6. The highest BCUT2D eigenvalue weighted by Crippen LogP contribution is 2.36. The molecule has 3 rings (SSSR count). The third kappa shape index (κ3) is 5.34. The molecule has 0 fully saturated rings. The van der Waals surface area contributed by atoms with Crippen LogP contribution in [0.15, 0.2) is 58.9 Å². The summed E-state index contributed by atoms with van der Waals surface area (Å²) in [7, 11) is -4.05. The first-order valence-electron chi connectivity index (χ1n) is 8.77. The first-order chi connectivity index (χ1) is 15.1. The minimum atomic E-state index is -5.12. The molecule has 176 valence electrons. The van der Waals surface area contributed by atoms with Crippen LogP contribution in [-0.2, 0) is 28.9 Å². The predicted molar refractivity (Wildman–Crippen MR) is 108 cm³/mol. The minimum Gasteiger partial charge on any atom is -0.312 e. The van der Waals surface area contributed by atoms with Crippen LogP contribution in [0, 0.1) is 0 Å². The summed E-state index contributed by atoms with van der Waals surface area (Å²) in [4.78, 5) is 16.0. The molecule has 1 aromatic heterocycles. The number of nitrogens with two attached hydrogens (primary N) is 1. The van der Waals surface area contributed by atoms with Crippen LogP contribution < -0.4 is 9.94 Å². The van der Waals surface area contributed by atoms with Crippen molar-refractivity contribution in [1.29, 1.82) is 0 Å². The van der Waals surface area contributed by atoms with Gasteiger partial charge in [0.05, 0.1) is 26.2 Å². The van der Waals surface area contributed by atoms with Gasteiger partial charge in [-0.15, -0.1) is 6.58 Å². The molecule has 0 aliphatic carbocycles. The lowest BCUT2D eigenvalue weighted by Gasteiger charge is -2.12. The summed E-state index contributed by atoms with van der Waals surface area (Å²) in [6.45, 7) is 3.61. The number of thiazole rings is 1. The Kier molecular flexibility index (Phi) is 6.30. The lowest BCUT2D eigenvalue weighted by atomic mass is 10.0. The van der Waals surface area contributed by atoms with Crippen LogP contribution in [0.3, 0.4) is 0 Å². The van der Waals surface area contributed by atoms with E-state index in [1.54, 1.807) is 0 Å². The number of amides is 1. The second-order valence-electron chi connectivity index (χ2n) is 6.67. The maximum atomic E-state index is 13.1. The summed E-state index contributed by atoms with van der Waals surface area (Å²) in [6.07, 6.45) is -8.84. The van der Waals surface area contributed by atoms with Crippen LogP contribution in [0.4, 0.5) is 26.3 Å². The molecular formula is C19H13F6N3O3S2. The highest BCUT2D eigenvalue weighted by molar-refractivity contribution is 7.89. The Hall–Kier alpha value is -2.97. The number of fused-ring (bicyclic) bond motifs is 1. The largest absolute Gasteiger partial charge is 0.416 e. The number of aromatic nitrogens is 1. The van der Waals surface area contributed by atoms with Gasteiger partial charge in [0.1, 0.15) is 0 Å². The average molecular weight is 509 g/mol. The molecule has 0 spiro atoms. The molecule has 0 saturated heterocycles. The fourth-order valence-corrected chi connectivity index (χ4v) is 4.54. The van der Waals surface area contributed by atoms with Crippen molar-refractivity contribution in [2.45, 2.75) is 23.8 Å². The number of allylic oxidation sites excluding steroid dienone is 1. The van der Waals surface area contributed by atoms with Crippen molar-refractivity contribution in [3.63, 3.8) is 0 Å². The number of rotatable bonds is 4. The number of carbonyl (C=O) groups is 1. The van der Waals surface area contributed by atoms with Crippen LogP contribution in [0.2, 0.25) is 0 Å². The van der Waals surface area contributed by atoms with E-state index in [-0.39, 0.29) is 34.4 Å². The van der Waals surface area contributed by atoms with E-state index in [1.165, 1.54) is 28.8 Å². The van der Waals surface area contributed by atoms with E-state index in [0.29, 0.717) is 10.2 Å². The molecule has 0 saturated carbocycles. The Morgan fingerprint density at radius 1 is 1.06 bits per heavy atom. The van der Waals surface area contributed by atoms with Crippen molar-refractivity contribution < 1.29 is 39.6 Å². The smallest absolute Gasteiger partial charge is 0.312 e. The fourth-order valence-electron chi connectivity index (χ4n) is 2.85. The van der Waals surface area contributed by atoms with Crippen molar-refractivity contribution in [2.24, 2.45) is 10.1 Å². The van der Waals surface area contributed by atoms with Gasteiger partial charge in [-0.25, -0.2) is 13.6 Å². The van der Waals surface area contributed by atoms with Gasteiger partial charge in [-0.3, -0.25) is 4.79 Å². The molecule has 0 unspecified atom stereocenters. The molecule has 6 nitrogen and oxygen atoms in total. The van der Waals surface area contributed by atoms with Crippen molar-refractivity contribution in [3.05, 3.63) is 70.5 Å². The highest BCUT2D eigenvalue weighted by Gasteiger charge is 2.37. The monoisotopic (exact) mass is 509 g/mol. The Balaban J connectivity index is 2.22. The van der Waals surface area contributed by atoms with Gasteiger partial charge in [0.2, 0.25) is 10.0 Å². The van der Waals surface area contributed by atoms with Gasteiger partial charge >= 0.3 is 12.4 Å². The third-order valence-corrected chi connectivity index (χ3v) is 6.28. The summed E-state index contributed by atoms with van der Waals surface area (Å²) in [5.74, 6) is -1.34. The maximum absolute atomic E-state index is 13.1. The molecule has 14 heteroatoms. The van der Waals surface area contributed by atoms with E-state index in [9.17, 15) is 39.6 Å². The molecule has 0 aliphatic rings. The first kappa shape index (κ1) is 24.7. The van der Waals surface area contributed by atoms with Gasteiger partial charge in [-0.05, 0) is 36.4 Å². The van der Waals surface area contributed by atoms with Gasteiger partial charge in [-0.1, -0.05) is 17.4 Å². The van der Waals surface area contributed by atoms with Crippen LogP contribution >= 0.6 is 11.3 Å². The molecule has 1 amide bonds. The van der Waals surface area contributed by atoms with Gasteiger partial charge < -0.3 is 4.57 Å². The van der Waals surface area contributed by atoms with Gasteiger partial charge in [0, 0.05) is 12.1 Å². The summed E-state index contributed by atoms with van der Waals surface area (Å²) < 4.78 is 103. The summed E-state index contributed by atoms with van der Waals surface area (Å²) in [5, 5.41) is 5.10. The minimum absolute atomic E-state index is 0.0667. The molecule has 33 heavy (non-hydrogen) atoms. The molecule has 1 heterocycles. The van der Waals surface area contributed by atoms with E-state index >= 15 is 0 Å². The topological polar surface area (TPSA) is 94.5 Å². The van der Waals surface area contributed by atoms with E-state index in [1.807, 2.05) is 0 Å². The Labute approximate surface area is 186 Å². The lowest BCUT2D eigenvalue weighted by molar-refractivity contribution is -0.143. The van der Waals surface area contributed by atoms with Gasteiger partial charge in [-0.2, -0.15) is 31.3 Å². The standard InChI is InChI=1S/C19H13F6N3O3S2/c1-2-5-28-14-4-3-13(33(26,30)31)9-15(14)32-17(28)27-16(29)10-6-11(18(20,21)22)8-12(7-10)19(23,24)25/h2-4,6-9H,1,5H2,(H2,26,30,31). The number of hydrogen-bond acceptors (Lipinski definition) is 4. The molecule has 0 aliphatic heterocycles. The maximum Gasteiger partial charge on any atom is 0.416 e.